The Hall–Kier alpha value is -1.98. The first-order valence-corrected chi connectivity index (χ1v) is 10.6. The Morgan fingerprint density at radius 1 is 1.00 bits per heavy atom. The Bertz CT molecular complexity index is 806. The molecule has 0 atom stereocenters. The Kier molecular flexibility index (Phi) is 7.18. The molecule has 0 aromatic heterocycles. The molecule has 142 valence electrons. The number of hydrogen-bond acceptors (Lipinski definition) is 3. The highest BCUT2D eigenvalue weighted by molar-refractivity contribution is 8.00. The second kappa shape index (κ2) is 9.81. The van der Waals surface area contributed by atoms with Crippen LogP contribution in [0, 0.1) is 5.92 Å². The van der Waals surface area contributed by atoms with Crippen molar-refractivity contribution < 1.29 is 9.59 Å². The molecule has 0 radical (unpaired) electrons. The van der Waals surface area contributed by atoms with E-state index in [4.69, 9.17) is 11.6 Å². The minimum absolute atomic E-state index is 0.105. The third-order valence-corrected chi connectivity index (χ3v) is 5.92. The number of nitrogens with one attached hydrogen (secondary N) is 2. The van der Waals surface area contributed by atoms with Gasteiger partial charge in [-0.15, -0.1) is 11.8 Å². The van der Waals surface area contributed by atoms with Gasteiger partial charge in [0.05, 0.1) is 16.5 Å². The van der Waals surface area contributed by atoms with Gasteiger partial charge in [-0.05, 0) is 43.2 Å². The summed E-state index contributed by atoms with van der Waals surface area (Å²) in [5.41, 5.74) is 1.39. The van der Waals surface area contributed by atoms with Gasteiger partial charge in [-0.25, -0.2) is 0 Å². The molecule has 0 aliphatic heterocycles. The Morgan fingerprint density at radius 2 is 1.78 bits per heavy atom. The number of hydrogen-bond donors (Lipinski definition) is 2. The maximum absolute atomic E-state index is 12.4. The Morgan fingerprint density at radius 3 is 2.56 bits per heavy atom. The van der Waals surface area contributed by atoms with Gasteiger partial charge < -0.3 is 10.6 Å². The summed E-state index contributed by atoms with van der Waals surface area (Å²) in [7, 11) is 0. The molecule has 0 heterocycles. The summed E-state index contributed by atoms with van der Waals surface area (Å²) in [4.78, 5) is 25.5. The fourth-order valence-corrected chi connectivity index (χ4v) is 4.11. The summed E-state index contributed by atoms with van der Waals surface area (Å²) in [5, 5.41) is 6.34. The van der Waals surface area contributed by atoms with Gasteiger partial charge in [0.2, 0.25) is 11.8 Å². The fourth-order valence-electron chi connectivity index (χ4n) is 3.17. The molecular weight excluding hydrogens is 380 g/mol. The molecule has 1 aliphatic rings. The third-order valence-electron chi connectivity index (χ3n) is 4.60. The zero-order valence-corrected chi connectivity index (χ0v) is 16.6. The highest BCUT2D eigenvalue weighted by Gasteiger charge is 2.21. The molecule has 0 spiro atoms. The van der Waals surface area contributed by atoms with Crippen LogP contribution < -0.4 is 10.6 Å². The van der Waals surface area contributed by atoms with Crippen molar-refractivity contribution in [2.45, 2.75) is 37.0 Å². The second-order valence-electron chi connectivity index (χ2n) is 6.67. The zero-order valence-electron chi connectivity index (χ0n) is 15.0. The van der Waals surface area contributed by atoms with E-state index in [1.165, 1.54) is 18.2 Å². The van der Waals surface area contributed by atoms with Crippen LogP contribution in [0.1, 0.15) is 32.1 Å². The lowest BCUT2D eigenvalue weighted by Gasteiger charge is -2.20. The molecule has 0 saturated heterocycles. The van der Waals surface area contributed by atoms with Crippen LogP contribution in [0.15, 0.2) is 53.4 Å². The number of carbonyl (C=O) groups excluding carboxylic acids is 2. The number of benzene rings is 2. The first-order valence-electron chi connectivity index (χ1n) is 9.20. The summed E-state index contributed by atoms with van der Waals surface area (Å²) >= 11 is 7.48. The van der Waals surface area contributed by atoms with E-state index in [0.717, 1.165) is 36.3 Å². The monoisotopic (exact) mass is 402 g/mol. The molecule has 2 aromatic rings. The topological polar surface area (TPSA) is 58.2 Å². The number of anilines is 2. The standard InChI is InChI=1S/C21H23ClN2O2S/c22-18-11-4-5-12-19(18)24-20(25)14-27-17-10-6-9-16(13-17)23-21(26)15-7-2-1-3-8-15/h4-6,9-13,15H,1-3,7-8,14H2,(H,23,26)(H,24,25). The van der Waals surface area contributed by atoms with Crippen molar-refractivity contribution in [1.82, 2.24) is 0 Å². The molecule has 0 bridgehead atoms. The summed E-state index contributed by atoms with van der Waals surface area (Å²) in [6.45, 7) is 0. The van der Waals surface area contributed by atoms with Gasteiger partial charge in [-0.2, -0.15) is 0 Å². The number of thioether (sulfide) groups is 1. The number of carbonyl (C=O) groups is 2. The van der Waals surface area contributed by atoms with Crippen LogP contribution in [0.25, 0.3) is 0 Å². The summed E-state index contributed by atoms with van der Waals surface area (Å²) in [6, 6.07) is 14.8. The van der Waals surface area contributed by atoms with Gasteiger partial charge in [0, 0.05) is 16.5 Å². The van der Waals surface area contributed by atoms with E-state index < -0.39 is 0 Å². The van der Waals surface area contributed by atoms with Crippen LogP contribution in [0.3, 0.4) is 0 Å². The van der Waals surface area contributed by atoms with Crippen LogP contribution in [0.4, 0.5) is 11.4 Å². The van der Waals surface area contributed by atoms with E-state index in [1.54, 1.807) is 12.1 Å². The van der Waals surface area contributed by atoms with Gasteiger partial charge in [-0.1, -0.05) is 49.1 Å². The van der Waals surface area contributed by atoms with Crippen molar-refractivity contribution in [2.75, 3.05) is 16.4 Å². The van der Waals surface area contributed by atoms with Crippen molar-refractivity contribution >= 4 is 46.6 Å². The van der Waals surface area contributed by atoms with E-state index >= 15 is 0 Å². The van der Waals surface area contributed by atoms with Gasteiger partial charge in [0.15, 0.2) is 0 Å². The van der Waals surface area contributed by atoms with Crippen LogP contribution in [0.2, 0.25) is 5.02 Å². The van der Waals surface area contributed by atoms with E-state index in [9.17, 15) is 9.59 Å². The molecule has 6 heteroatoms. The lowest BCUT2D eigenvalue weighted by Crippen LogP contribution is -2.24. The minimum atomic E-state index is -0.121. The SMILES string of the molecule is O=C(CSc1cccc(NC(=O)C2CCCCC2)c1)Nc1ccccc1Cl. The molecular formula is C21H23ClN2O2S. The van der Waals surface area contributed by atoms with Crippen molar-refractivity contribution in [3.05, 3.63) is 53.6 Å². The van der Waals surface area contributed by atoms with Gasteiger partial charge in [0.1, 0.15) is 0 Å². The lowest BCUT2D eigenvalue weighted by atomic mass is 9.88. The average molecular weight is 403 g/mol. The maximum Gasteiger partial charge on any atom is 0.234 e. The van der Waals surface area contributed by atoms with Crippen molar-refractivity contribution in [2.24, 2.45) is 5.92 Å². The van der Waals surface area contributed by atoms with Crippen LogP contribution in [-0.2, 0) is 9.59 Å². The molecule has 27 heavy (non-hydrogen) atoms. The summed E-state index contributed by atoms with van der Waals surface area (Å²) in [6.07, 6.45) is 5.44. The van der Waals surface area contributed by atoms with Gasteiger partial charge in [-0.3, -0.25) is 9.59 Å². The largest absolute Gasteiger partial charge is 0.326 e. The second-order valence-corrected chi connectivity index (χ2v) is 8.12. The van der Waals surface area contributed by atoms with E-state index in [2.05, 4.69) is 10.6 Å². The van der Waals surface area contributed by atoms with E-state index in [-0.39, 0.29) is 23.5 Å². The van der Waals surface area contributed by atoms with Gasteiger partial charge in [0.25, 0.3) is 0 Å². The summed E-state index contributed by atoms with van der Waals surface area (Å²) < 4.78 is 0. The number of halogens is 1. The number of amides is 2. The highest BCUT2D eigenvalue weighted by atomic mass is 35.5. The maximum atomic E-state index is 12.4. The highest BCUT2D eigenvalue weighted by Crippen LogP contribution is 2.27. The van der Waals surface area contributed by atoms with Crippen molar-refractivity contribution in [3.8, 4) is 0 Å². The van der Waals surface area contributed by atoms with Crippen LogP contribution in [-0.4, -0.2) is 17.6 Å². The quantitative estimate of drug-likeness (QED) is 0.619. The molecule has 2 amide bonds. The fraction of sp³-hybridized carbons (Fsp3) is 0.333. The average Bonchev–Trinajstić information content (AvgIpc) is 2.69. The molecule has 4 nitrogen and oxygen atoms in total. The van der Waals surface area contributed by atoms with Crippen molar-refractivity contribution in [1.29, 1.82) is 0 Å². The third kappa shape index (κ3) is 6.01. The Balaban J connectivity index is 1.52. The van der Waals surface area contributed by atoms with Gasteiger partial charge >= 0.3 is 0 Å². The molecule has 0 unspecified atom stereocenters. The molecule has 3 rings (SSSR count). The number of rotatable bonds is 6. The number of para-hydroxylation sites is 1. The lowest BCUT2D eigenvalue weighted by molar-refractivity contribution is -0.120. The molecule has 2 aromatic carbocycles. The van der Waals surface area contributed by atoms with E-state index in [0.29, 0.717) is 10.7 Å². The summed E-state index contributed by atoms with van der Waals surface area (Å²) in [5.74, 6) is 0.375. The molecule has 1 aliphatic carbocycles. The first-order chi connectivity index (χ1) is 13.1. The molecule has 2 N–H and O–H groups in total. The van der Waals surface area contributed by atoms with E-state index in [1.807, 2.05) is 36.4 Å². The zero-order chi connectivity index (χ0) is 19.1. The molecule has 1 fully saturated rings. The minimum Gasteiger partial charge on any atom is -0.326 e. The first kappa shape index (κ1) is 19.8. The Labute approximate surface area is 169 Å². The van der Waals surface area contributed by atoms with Crippen LogP contribution in [0.5, 0.6) is 0 Å². The normalized spacial score (nSPS) is 14.6. The van der Waals surface area contributed by atoms with Crippen LogP contribution >= 0.6 is 23.4 Å². The smallest absolute Gasteiger partial charge is 0.234 e. The predicted molar refractivity (Wildman–Crippen MR) is 112 cm³/mol. The van der Waals surface area contributed by atoms with Crippen molar-refractivity contribution in [3.63, 3.8) is 0 Å². The molecule has 1 saturated carbocycles. The predicted octanol–water partition coefficient (Wildman–Crippen LogP) is 5.59.